The van der Waals surface area contributed by atoms with Gasteiger partial charge in [0, 0.05) is 9.13 Å². The fourth-order valence-electron chi connectivity index (χ4n) is 1.40. The molecule has 1 aliphatic heterocycles. The summed E-state index contributed by atoms with van der Waals surface area (Å²) in [6.07, 6.45) is 0. The minimum Gasteiger partial charge on any atom is -0.376 e. The topological polar surface area (TPSA) is 108 Å². The molecule has 0 unspecified atom stereocenters. The summed E-state index contributed by atoms with van der Waals surface area (Å²) >= 11 is 0. The molecule has 24 heavy (non-hydrogen) atoms. The van der Waals surface area contributed by atoms with Crippen molar-refractivity contribution in [1.82, 2.24) is 0 Å². The van der Waals surface area contributed by atoms with Gasteiger partial charge in [-0.15, -0.1) is 18.1 Å². The second-order valence-electron chi connectivity index (χ2n) is 4.23. The van der Waals surface area contributed by atoms with Gasteiger partial charge in [-0.05, 0) is 0 Å². The summed E-state index contributed by atoms with van der Waals surface area (Å²) in [5.41, 5.74) is 0. The van der Waals surface area contributed by atoms with E-state index in [1.807, 2.05) is 0 Å². The van der Waals surface area contributed by atoms with Crippen LogP contribution in [0.5, 0.6) is 0 Å². The van der Waals surface area contributed by atoms with Crippen LogP contribution in [0.2, 0.25) is 0 Å². The Balaban J connectivity index is 2.16. The molecule has 1 heterocycles. The van der Waals surface area contributed by atoms with E-state index in [9.17, 15) is 9.13 Å². The average molecular weight is 390 g/mol. The second kappa shape index (κ2) is 16.4. The summed E-state index contributed by atoms with van der Waals surface area (Å²) in [7, 11) is -4.35. The Morgan fingerprint density at radius 2 is 0.583 bits per heavy atom. The highest BCUT2D eigenvalue weighted by Gasteiger charge is 2.20. The van der Waals surface area contributed by atoms with E-state index in [0.717, 1.165) is 0 Å². The van der Waals surface area contributed by atoms with E-state index in [4.69, 9.17) is 37.0 Å². The van der Waals surface area contributed by atoms with Gasteiger partial charge in [-0.25, -0.2) is 0 Å². The number of hydrogen-bond acceptors (Lipinski definition) is 10. The molecular weight excluding hydrogens is 366 g/mol. The standard InChI is InChI=1S/C12H24O10P2/c13-23-19-9-5-15-1-2-16-6-10-20-24(14)22-12-8-18-4-3-17-7-11-21-23/h1-12H2/q+2. The summed E-state index contributed by atoms with van der Waals surface area (Å²) in [4.78, 5) is 0. The molecule has 0 bridgehead atoms. The van der Waals surface area contributed by atoms with Gasteiger partial charge >= 0.3 is 16.5 Å². The monoisotopic (exact) mass is 390 g/mol. The molecule has 0 saturated carbocycles. The van der Waals surface area contributed by atoms with Gasteiger partial charge in [-0.2, -0.15) is 0 Å². The zero-order chi connectivity index (χ0) is 17.3. The number of hydrogen-bond donors (Lipinski definition) is 0. The van der Waals surface area contributed by atoms with Gasteiger partial charge in [0.1, 0.15) is 26.4 Å². The molecule has 10 nitrogen and oxygen atoms in total. The predicted molar refractivity (Wildman–Crippen MR) is 82.3 cm³/mol. The van der Waals surface area contributed by atoms with Crippen LogP contribution in [0.1, 0.15) is 0 Å². The molecule has 0 N–H and O–H groups in total. The van der Waals surface area contributed by atoms with E-state index < -0.39 is 16.5 Å². The minimum absolute atomic E-state index is 0.158. The van der Waals surface area contributed by atoms with E-state index in [2.05, 4.69) is 0 Å². The largest absolute Gasteiger partial charge is 0.697 e. The van der Waals surface area contributed by atoms with E-state index in [1.54, 1.807) is 0 Å². The maximum Gasteiger partial charge on any atom is 0.697 e. The summed E-state index contributed by atoms with van der Waals surface area (Å²) in [6, 6.07) is 0. The molecule has 0 spiro atoms. The lowest BCUT2D eigenvalue weighted by Gasteiger charge is -2.04. The van der Waals surface area contributed by atoms with Crippen molar-refractivity contribution < 1.29 is 46.2 Å². The smallest absolute Gasteiger partial charge is 0.376 e. The van der Waals surface area contributed by atoms with Gasteiger partial charge in [-0.3, -0.25) is 0 Å². The van der Waals surface area contributed by atoms with Gasteiger partial charge in [-0.1, -0.05) is 0 Å². The zero-order valence-electron chi connectivity index (χ0n) is 13.5. The maximum atomic E-state index is 11.3. The highest BCUT2D eigenvalue weighted by atomic mass is 31.1. The highest BCUT2D eigenvalue weighted by Crippen LogP contribution is 2.23. The molecule has 12 heteroatoms. The van der Waals surface area contributed by atoms with E-state index >= 15 is 0 Å². The maximum absolute atomic E-state index is 11.3. The van der Waals surface area contributed by atoms with Crippen LogP contribution >= 0.6 is 16.5 Å². The molecule has 0 atom stereocenters. The summed E-state index contributed by atoms with van der Waals surface area (Å²) in [6.45, 7) is 3.16. The van der Waals surface area contributed by atoms with Crippen molar-refractivity contribution in [2.75, 3.05) is 79.3 Å². The molecule has 0 radical (unpaired) electrons. The SMILES string of the molecule is O=[P+]1OCCOCCOCCO[P+](=O)OCCOCCOCCO1. The van der Waals surface area contributed by atoms with Gasteiger partial charge < -0.3 is 18.9 Å². The first-order valence-electron chi connectivity index (χ1n) is 7.56. The average Bonchev–Trinajstić information content (AvgIpc) is 2.57. The van der Waals surface area contributed by atoms with Crippen LogP contribution in [0.3, 0.4) is 0 Å². The van der Waals surface area contributed by atoms with Crippen molar-refractivity contribution >= 4 is 16.5 Å². The Morgan fingerprint density at radius 1 is 0.375 bits per heavy atom. The van der Waals surface area contributed by atoms with Crippen LogP contribution in [0.25, 0.3) is 0 Å². The second-order valence-corrected chi connectivity index (χ2v) is 6.16. The zero-order valence-corrected chi connectivity index (χ0v) is 15.3. The lowest BCUT2D eigenvalue weighted by molar-refractivity contribution is 0.0157. The Hall–Kier alpha value is -0.120. The molecule has 1 aliphatic rings. The van der Waals surface area contributed by atoms with Gasteiger partial charge in [0.05, 0.1) is 52.9 Å². The molecular formula is C12H24O10P2+2. The van der Waals surface area contributed by atoms with Crippen molar-refractivity contribution in [1.29, 1.82) is 0 Å². The third kappa shape index (κ3) is 14.2. The molecule has 1 rings (SSSR count). The van der Waals surface area contributed by atoms with Gasteiger partial charge in [0.15, 0.2) is 0 Å². The molecule has 0 aromatic rings. The van der Waals surface area contributed by atoms with Crippen LogP contribution in [0.4, 0.5) is 0 Å². The molecule has 1 saturated heterocycles. The quantitative estimate of drug-likeness (QED) is 0.564. The Kier molecular flexibility index (Phi) is 14.9. The molecule has 0 aromatic heterocycles. The Morgan fingerprint density at radius 3 is 0.833 bits per heavy atom. The molecule has 140 valence electrons. The molecule has 0 amide bonds. The fraction of sp³-hybridized carbons (Fsp3) is 1.00. The minimum atomic E-state index is -2.17. The van der Waals surface area contributed by atoms with Crippen LogP contribution in [-0.4, -0.2) is 79.3 Å². The highest BCUT2D eigenvalue weighted by molar-refractivity contribution is 7.33. The van der Waals surface area contributed by atoms with Gasteiger partial charge in [0.2, 0.25) is 0 Å². The number of rotatable bonds is 0. The lowest BCUT2D eigenvalue weighted by atomic mass is 10.7. The first kappa shape index (κ1) is 21.9. The van der Waals surface area contributed by atoms with Crippen molar-refractivity contribution in [3.05, 3.63) is 0 Å². The van der Waals surface area contributed by atoms with Crippen molar-refractivity contribution in [3.8, 4) is 0 Å². The molecule has 1 fully saturated rings. The molecule has 0 aromatic carbocycles. The fourth-order valence-corrected chi connectivity index (χ4v) is 2.44. The van der Waals surface area contributed by atoms with Gasteiger partial charge in [0.25, 0.3) is 0 Å². The van der Waals surface area contributed by atoms with Crippen LogP contribution in [-0.2, 0) is 46.2 Å². The van der Waals surface area contributed by atoms with E-state index in [-0.39, 0.29) is 52.9 Å². The van der Waals surface area contributed by atoms with Crippen molar-refractivity contribution in [2.24, 2.45) is 0 Å². The Labute approximate surface area is 142 Å². The first-order valence-corrected chi connectivity index (χ1v) is 9.75. The van der Waals surface area contributed by atoms with Crippen LogP contribution < -0.4 is 0 Å². The first-order chi connectivity index (χ1) is 11.8. The third-order valence-electron chi connectivity index (χ3n) is 2.44. The van der Waals surface area contributed by atoms with Crippen LogP contribution in [0.15, 0.2) is 0 Å². The van der Waals surface area contributed by atoms with E-state index in [1.165, 1.54) is 0 Å². The van der Waals surface area contributed by atoms with Crippen molar-refractivity contribution in [3.63, 3.8) is 0 Å². The number of ether oxygens (including phenoxy) is 4. The lowest BCUT2D eigenvalue weighted by Crippen LogP contribution is -2.12. The van der Waals surface area contributed by atoms with Crippen molar-refractivity contribution in [2.45, 2.75) is 0 Å². The molecule has 0 aliphatic carbocycles. The van der Waals surface area contributed by atoms with Crippen LogP contribution in [0, 0.1) is 0 Å². The summed E-state index contributed by atoms with van der Waals surface area (Å²) in [5.74, 6) is 0. The normalized spacial score (nSPS) is 26.2. The predicted octanol–water partition coefficient (Wildman–Crippen LogP) is 1.45. The Bertz CT molecular complexity index is 284. The third-order valence-corrected chi connectivity index (χ3v) is 4.02. The summed E-state index contributed by atoms with van der Waals surface area (Å²) in [5, 5.41) is 0. The van der Waals surface area contributed by atoms with E-state index in [0.29, 0.717) is 26.4 Å². The summed E-state index contributed by atoms with van der Waals surface area (Å²) < 4.78 is 63.3.